The second-order valence-corrected chi connectivity index (χ2v) is 2.27. The van der Waals surface area contributed by atoms with Gasteiger partial charge in [-0.1, -0.05) is 22.6 Å². The highest BCUT2D eigenvalue weighted by molar-refractivity contribution is 14.1. The molecule has 4 heteroatoms. The summed E-state index contributed by atoms with van der Waals surface area (Å²) in [6.07, 6.45) is 0. The normalized spacial score (nSPS) is 13.0. The number of methoxy groups -OCH3 is 1. The summed E-state index contributed by atoms with van der Waals surface area (Å²) in [6.45, 7) is 0. The first-order chi connectivity index (χ1) is 3.18. The van der Waals surface area contributed by atoms with Gasteiger partial charge in [-0.15, -0.1) is 0 Å². The monoisotopic (exact) mass is 215 g/mol. The summed E-state index contributed by atoms with van der Waals surface area (Å²) in [5.74, 6) is -0.388. The number of carbonyl (C=O) groups is 1. The van der Waals surface area contributed by atoms with Gasteiger partial charge < -0.3 is 10.5 Å². The number of hydrogen-bond acceptors (Lipinski definition) is 3. The van der Waals surface area contributed by atoms with Gasteiger partial charge in [0.05, 0.1) is 7.11 Å². The zero-order valence-corrected chi connectivity index (χ0v) is 6.01. The minimum absolute atomic E-state index is 0.388. The molecule has 0 aromatic heterocycles. The van der Waals surface area contributed by atoms with E-state index >= 15 is 0 Å². The van der Waals surface area contributed by atoms with Crippen LogP contribution in [0.25, 0.3) is 0 Å². The zero-order valence-electron chi connectivity index (χ0n) is 3.85. The van der Waals surface area contributed by atoms with E-state index < -0.39 is 4.05 Å². The molecule has 3 nitrogen and oxygen atoms in total. The molecule has 0 aromatic rings. The maximum Gasteiger partial charge on any atom is 0.332 e. The van der Waals surface area contributed by atoms with Gasteiger partial charge in [-0.05, 0) is 0 Å². The van der Waals surface area contributed by atoms with E-state index in [0.717, 1.165) is 0 Å². The predicted molar refractivity (Wildman–Crippen MR) is 34.0 cm³/mol. The van der Waals surface area contributed by atoms with Crippen LogP contribution in [0.3, 0.4) is 0 Å². The fourth-order valence-corrected chi connectivity index (χ4v) is 0.367. The third-order valence-corrected chi connectivity index (χ3v) is 0.935. The molecule has 0 unspecified atom stereocenters. The molecule has 0 bridgehead atoms. The van der Waals surface area contributed by atoms with Crippen molar-refractivity contribution in [1.29, 1.82) is 0 Å². The van der Waals surface area contributed by atoms with Crippen LogP contribution in [0.5, 0.6) is 0 Å². The van der Waals surface area contributed by atoms with E-state index in [2.05, 4.69) is 4.74 Å². The summed E-state index contributed by atoms with van der Waals surface area (Å²) in [7, 11) is 1.31. The zero-order chi connectivity index (χ0) is 5.86. The SMILES string of the molecule is COC(=O)[C@@H](N)I. The Morgan fingerprint density at radius 1 is 2.00 bits per heavy atom. The Labute approximate surface area is 55.3 Å². The summed E-state index contributed by atoms with van der Waals surface area (Å²) < 4.78 is 3.71. The largest absolute Gasteiger partial charge is 0.467 e. The van der Waals surface area contributed by atoms with E-state index in [0.29, 0.717) is 0 Å². The molecule has 0 amide bonds. The van der Waals surface area contributed by atoms with E-state index in [-0.39, 0.29) is 5.97 Å². The first kappa shape index (κ1) is 7.16. The molecular formula is C3H6INO2. The number of esters is 1. The molecule has 0 aliphatic heterocycles. The van der Waals surface area contributed by atoms with Gasteiger partial charge >= 0.3 is 5.97 Å². The van der Waals surface area contributed by atoms with Crippen molar-refractivity contribution < 1.29 is 9.53 Å². The fourth-order valence-electron chi connectivity index (χ4n) is 0.113. The van der Waals surface area contributed by atoms with Crippen LogP contribution < -0.4 is 5.73 Å². The quantitative estimate of drug-likeness (QED) is 0.287. The van der Waals surface area contributed by atoms with E-state index in [1.165, 1.54) is 7.11 Å². The molecule has 0 rings (SSSR count). The van der Waals surface area contributed by atoms with Crippen LogP contribution in [0.15, 0.2) is 0 Å². The van der Waals surface area contributed by atoms with Crippen LogP contribution in [0.4, 0.5) is 0 Å². The summed E-state index contributed by atoms with van der Waals surface area (Å²) in [6, 6.07) is 0. The average Bonchev–Trinajstić information content (AvgIpc) is 1.65. The molecule has 7 heavy (non-hydrogen) atoms. The lowest BCUT2D eigenvalue weighted by molar-refractivity contribution is -0.139. The van der Waals surface area contributed by atoms with Crippen LogP contribution in [0.2, 0.25) is 0 Å². The number of alkyl halides is 1. The van der Waals surface area contributed by atoms with Crippen LogP contribution in [-0.2, 0) is 9.53 Å². The van der Waals surface area contributed by atoms with Gasteiger partial charge in [0, 0.05) is 0 Å². The van der Waals surface area contributed by atoms with E-state index in [1.807, 2.05) is 0 Å². The van der Waals surface area contributed by atoms with Crippen molar-refractivity contribution in [3.8, 4) is 0 Å². The van der Waals surface area contributed by atoms with Gasteiger partial charge in [-0.25, -0.2) is 4.79 Å². The van der Waals surface area contributed by atoms with E-state index in [1.54, 1.807) is 22.6 Å². The topological polar surface area (TPSA) is 52.3 Å². The molecule has 2 N–H and O–H groups in total. The average molecular weight is 215 g/mol. The second-order valence-electron chi connectivity index (χ2n) is 0.925. The van der Waals surface area contributed by atoms with Gasteiger partial charge in [0.15, 0.2) is 4.05 Å². The predicted octanol–water partition coefficient (Wildman–Crippen LogP) is -0.121. The molecule has 0 aliphatic rings. The minimum Gasteiger partial charge on any atom is -0.467 e. The Morgan fingerprint density at radius 2 is 2.43 bits per heavy atom. The molecule has 0 aromatic carbocycles. The highest BCUT2D eigenvalue weighted by Gasteiger charge is 2.05. The molecule has 0 radical (unpaired) electrons. The Morgan fingerprint density at radius 3 is 2.43 bits per heavy atom. The number of nitrogens with two attached hydrogens (primary N) is 1. The standard InChI is InChI=1S/C3H6INO2/c1-7-3(6)2(4)5/h2H,5H2,1H3/t2-/m1/s1. The van der Waals surface area contributed by atoms with Crippen molar-refractivity contribution in [1.82, 2.24) is 0 Å². The smallest absolute Gasteiger partial charge is 0.332 e. The van der Waals surface area contributed by atoms with Crippen molar-refractivity contribution in [3.05, 3.63) is 0 Å². The molecule has 42 valence electrons. The number of rotatable bonds is 1. The highest BCUT2D eigenvalue weighted by Crippen LogP contribution is 1.91. The maximum absolute atomic E-state index is 10.2. The Hall–Kier alpha value is 0.160. The molecule has 0 saturated heterocycles. The minimum atomic E-state index is -0.525. The lowest BCUT2D eigenvalue weighted by Gasteiger charge is -1.96. The highest BCUT2D eigenvalue weighted by atomic mass is 127. The second kappa shape index (κ2) is 3.20. The Kier molecular flexibility index (Phi) is 3.27. The van der Waals surface area contributed by atoms with Crippen molar-refractivity contribution in [2.24, 2.45) is 5.73 Å². The summed E-state index contributed by atoms with van der Waals surface area (Å²) >= 11 is 1.77. The van der Waals surface area contributed by atoms with Crippen LogP contribution in [0, 0.1) is 0 Å². The fraction of sp³-hybridized carbons (Fsp3) is 0.667. The van der Waals surface area contributed by atoms with Gasteiger partial charge in [-0.3, -0.25) is 0 Å². The van der Waals surface area contributed by atoms with Crippen LogP contribution in [0.1, 0.15) is 0 Å². The van der Waals surface area contributed by atoms with Crippen LogP contribution in [-0.4, -0.2) is 17.1 Å². The number of hydrogen-bond donors (Lipinski definition) is 1. The van der Waals surface area contributed by atoms with Crippen molar-refractivity contribution in [2.75, 3.05) is 7.11 Å². The molecule has 1 atom stereocenters. The summed E-state index contributed by atoms with van der Waals surface area (Å²) in [5, 5.41) is 0. The van der Waals surface area contributed by atoms with Gasteiger partial charge in [0.25, 0.3) is 0 Å². The molecule has 0 fully saturated rings. The number of carbonyl (C=O) groups excluding carboxylic acids is 1. The summed E-state index contributed by atoms with van der Waals surface area (Å²) in [4.78, 5) is 10.2. The third-order valence-electron chi connectivity index (χ3n) is 0.426. The maximum atomic E-state index is 10.2. The molecule has 0 saturated carbocycles. The molecule has 0 aliphatic carbocycles. The lowest BCUT2D eigenvalue weighted by atomic mass is 10.7. The lowest BCUT2D eigenvalue weighted by Crippen LogP contribution is -2.24. The molecule has 0 heterocycles. The van der Waals surface area contributed by atoms with E-state index in [4.69, 9.17) is 5.73 Å². The van der Waals surface area contributed by atoms with Crippen molar-refractivity contribution in [2.45, 2.75) is 4.05 Å². The number of halogens is 1. The molecule has 0 spiro atoms. The van der Waals surface area contributed by atoms with E-state index in [9.17, 15) is 4.79 Å². The first-order valence-electron chi connectivity index (χ1n) is 1.66. The van der Waals surface area contributed by atoms with Crippen LogP contribution >= 0.6 is 22.6 Å². The third kappa shape index (κ3) is 2.81. The van der Waals surface area contributed by atoms with Gasteiger partial charge in [-0.2, -0.15) is 0 Å². The summed E-state index contributed by atoms with van der Waals surface area (Å²) in [5.41, 5.74) is 5.06. The van der Waals surface area contributed by atoms with Crippen molar-refractivity contribution >= 4 is 28.6 Å². The van der Waals surface area contributed by atoms with Crippen molar-refractivity contribution in [3.63, 3.8) is 0 Å². The van der Waals surface area contributed by atoms with Gasteiger partial charge in [0.1, 0.15) is 0 Å². The first-order valence-corrected chi connectivity index (χ1v) is 2.90. The Bertz CT molecular complexity index is 73.3. The molecular weight excluding hydrogens is 209 g/mol. The Balaban J connectivity index is 3.35. The number of ether oxygens (including phenoxy) is 1. The van der Waals surface area contributed by atoms with Gasteiger partial charge in [0.2, 0.25) is 0 Å².